The minimum absolute atomic E-state index is 0.0657. The number of H-pyrrole nitrogens is 1. The molecule has 5 aromatic rings. The van der Waals surface area contributed by atoms with Crippen molar-refractivity contribution in [3.8, 4) is 22.4 Å². The van der Waals surface area contributed by atoms with Crippen molar-refractivity contribution in [2.24, 2.45) is 5.41 Å². The molecule has 0 saturated heterocycles. The first-order valence-corrected chi connectivity index (χ1v) is 12.1. The molecule has 8 heteroatoms. The van der Waals surface area contributed by atoms with Gasteiger partial charge >= 0.3 is 0 Å². The Kier molecular flexibility index (Phi) is 6.43. The van der Waals surface area contributed by atoms with Crippen molar-refractivity contribution < 1.29 is 9.18 Å². The topological polar surface area (TPSA) is 86.8 Å². The number of hydrogen-bond donors (Lipinski definition) is 2. The van der Waals surface area contributed by atoms with Crippen LogP contribution in [-0.2, 0) is 0 Å². The van der Waals surface area contributed by atoms with Gasteiger partial charge in [0.05, 0.1) is 23.6 Å². The van der Waals surface area contributed by atoms with E-state index in [1.165, 1.54) is 6.20 Å². The van der Waals surface area contributed by atoms with E-state index in [4.69, 9.17) is 0 Å². The number of amides is 1. The number of aromatic amines is 1. The maximum atomic E-state index is 15.3. The van der Waals surface area contributed by atoms with E-state index in [0.29, 0.717) is 34.3 Å². The Hall–Kier alpha value is -4.17. The maximum Gasteiger partial charge on any atom is 0.251 e. The van der Waals surface area contributed by atoms with Gasteiger partial charge in [-0.05, 0) is 55.4 Å². The lowest BCUT2D eigenvalue weighted by Gasteiger charge is -2.28. The zero-order valence-electron chi connectivity index (χ0n) is 21.3. The van der Waals surface area contributed by atoms with Crippen LogP contribution in [-0.4, -0.2) is 57.9 Å². The molecule has 0 aliphatic heterocycles. The van der Waals surface area contributed by atoms with Crippen LogP contribution in [0.1, 0.15) is 24.2 Å². The largest absolute Gasteiger partial charge is 0.351 e. The van der Waals surface area contributed by atoms with Gasteiger partial charge < -0.3 is 15.2 Å². The maximum absolute atomic E-state index is 15.3. The summed E-state index contributed by atoms with van der Waals surface area (Å²) in [6, 6.07) is 12.7. The van der Waals surface area contributed by atoms with Crippen LogP contribution in [0.4, 0.5) is 4.39 Å². The molecular weight excluding hydrogens is 467 g/mol. The molecule has 0 bridgehead atoms. The Labute approximate surface area is 214 Å². The van der Waals surface area contributed by atoms with E-state index in [9.17, 15) is 4.79 Å². The standard InChI is InChI=1S/C29H29FN6O/c1-29(2,17-36(3)4)16-34-28(37)19-9-7-18(8-10-19)25-22(30)14-33-27-26(25)21-12-23(32-15-24(21)35-27)20-6-5-11-31-13-20/h5-15H,16-17H2,1-4H3,(H,33,35)(H,34,37). The molecular formula is C29H29FN6O. The van der Waals surface area contributed by atoms with E-state index < -0.39 is 5.82 Å². The van der Waals surface area contributed by atoms with Crippen LogP contribution in [0.3, 0.4) is 0 Å². The van der Waals surface area contributed by atoms with Gasteiger partial charge in [-0.1, -0.05) is 26.0 Å². The lowest BCUT2D eigenvalue weighted by atomic mass is 9.93. The predicted octanol–water partition coefficient (Wildman–Crippen LogP) is 5.30. The lowest BCUT2D eigenvalue weighted by Crippen LogP contribution is -2.39. The number of pyridine rings is 3. The van der Waals surface area contributed by atoms with Crippen LogP contribution < -0.4 is 5.32 Å². The van der Waals surface area contributed by atoms with Crippen molar-refractivity contribution in [2.45, 2.75) is 13.8 Å². The first-order valence-electron chi connectivity index (χ1n) is 12.1. The number of carbonyl (C=O) groups excluding carboxylic acids is 1. The number of aromatic nitrogens is 4. The fourth-order valence-corrected chi connectivity index (χ4v) is 4.81. The summed E-state index contributed by atoms with van der Waals surface area (Å²) in [5, 5.41) is 4.51. The van der Waals surface area contributed by atoms with Crippen molar-refractivity contribution in [3.05, 3.63) is 78.6 Å². The number of fused-ring (bicyclic) bond motifs is 3. The van der Waals surface area contributed by atoms with Crippen molar-refractivity contribution in [2.75, 3.05) is 27.2 Å². The van der Waals surface area contributed by atoms with Crippen LogP contribution in [0, 0.1) is 11.2 Å². The summed E-state index contributed by atoms with van der Waals surface area (Å²) in [6.45, 7) is 5.63. The van der Waals surface area contributed by atoms with Gasteiger partial charge in [0.1, 0.15) is 11.5 Å². The summed E-state index contributed by atoms with van der Waals surface area (Å²) in [5.41, 5.74) is 4.49. The van der Waals surface area contributed by atoms with Crippen LogP contribution >= 0.6 is 0 Å². The summed E-state index contributed by atoms with van der Waals surface area (Å²) in [7, 11) is 4.03. The molecule has 0 radical (unpaired) electrons. The minimum Gasteiger partial charge on any atom is -0.351 e. The molecule has 188 valence electrons. The highest BCUT2D eigenvalue weighted by Gasteiger charge is 2.21. The van der Waals surface area contributed by atoms with Crippen molar-refractivity contribution in [3.63, 3.8) is 0 Å². The zero-order chi connectivity index (χ0) is 26.2. The predicted molar refractivity (Wildman–Crippen MR) is 145 cm³/mol. The van der Waals surface area contributed by atoms with Gasteiger partial charge in [-0.25, -0.2) is 9.37 Å². The number of carbonyl (C=O) groups is 1. The van der Waals surface area contributed by atoms with Crippen LogP contribution in [0.5, 0.6) is 0 Å². The fraction of sp³-hybridized carbons (Fsp3) is 0.241. The second-order valence-corrected chi connectivity index (χ2v) is 10.3. The second-order valence-electron chi connectivity index (χ2n) is 10.3. The summed E-state index contributed by atoms with van der Waals surface area (Å²) in [4.78, 5) is 31.1. The van der Waals surface area contributed by atoms with Crippen molar-refractivity contribution in [1.29, 1.82) is 0 Å². The molecule has 2 N–H and O–H groups in total. The number of rotatable bonds is 7. The highest BCUT2D eigenvalue weighted by Crippen LogP contribution is 2.36. The molecule has 0 saturated carbocycles. The Morgan fingerprint density at radius 1 is 1.05 bits per heavy atom. The summed E-state index contributed by atoms with van der Waals surface area (Å²) in [5.74, 6) is -0.589. The molecule has 5 rings (SSSR count). The van der Waals surface area contributed by atoms with Gasteiger partial charge in [-0.15, -0.1) is 0 Å². The SMILES string of the molecule is CN(C)CC(C)(C)CNC(=O)c1ccc(-c2c(F)cnc3[nH]c4cnc(-c5cccnc5)cc4c23)cc1. The van der Waals surface area contributed by atoms with Crippen LogP contribution in [0.15, 0.2) is 67.3 Å². The number of benzene rings is 1. The highest BCUT2D eigenvalue weighted by molar-refractivity contribution is 6.13. The molecule has 4 heterocycles. The molecule has 0 spiro atoms. The molecule has 0 aliphatic rings. The molecule has 7 nitrogen and oxygen atoms in total. The monoisotopic (exact) mass is 496 g/mol. The van der Waals surface area contributed by atoms with E-state index in [1.54, 1.807) is 42.9 Å². The first kappa shape index (κ1) is 24.5. The second kappa shape index (κ2) is 9.71. The van der Waals surface area contributed by atoms with E-state index in [0.717, 1.165) is 28.7 Å². The van der Waals surface area contributed by atoms with Crippen molar-refractivity contribution >= 4 is 27.8 Å². The molecule has 0 aliphatic carbocycles. The van der Waals surface area contributed by atoms with E-state index in [2.05, 4.69) is 44.0 Å². The van der Waals surface area contributed by atoms with Crippen LogP contribution in [0.2, 0.25) is 0 Å². The molecule has 1 amide bonds. The minimum atomic E-state index is -0.434. The third kappa shape index (κ3) is 5.06. The molecule has 4 aromatic heterocycles. The Balaban J connectivity index is 1.49. The normalized spacial score (nSPS) is 11.9. The van der Waals surface area contributed by atoms with E-state index in [1.807, 2.05) is 32.3 Å². The fourth-order valence-electron chi connectivity index (χ4n) is 4.81. The van der Waals surface area contributed by atoms with Crippen LogP contribution in [0.25, 0.3) is 44.3 Å². The molecule has 1 aromatic carbocycles. The van der Waals surface area contributed by atoms with Gasteiger partial charge in [0.2, 0.25) is 0 Å². The molecule has 37 heavy (non-hydrogen) atoms. The van der Waals surface area contributed by atoms with E-state index in [-0.39, 0.29) is 11.3 Å². The Bertz CT molecular complexity index is 1580. The van der Waals surface area contributed by atoms with Crippen molar-refractivity contribution in [1.82, 2.24) is 30.2 Å². The number of nitrogens with zero attached hydrogens (tertiary/aromatic N) is 4. The van der Waals surface area contributed by atoms with Gasteiger partial charge in [-0.3, -0.25) is 14.8 Å². The molecule has 0 atom stereocenters. The number of nitrogens with one attached hydrogen (secondary N) is 2. The zero-order valence-corrected chi connectivity index (χ0v) is 21.3. The number of hydrogen-bond acceptors (Lipinski definition) is 5. The van der Waals surface area contributed by atoms with Gasteiger partial charge in [-0.2, -0.15) is 0 Å². The lowest BCUT2D eigenvalue weighted by molar-refractivity contribution is 0.0929. The third-order valence-electron chi connectivity index (χ3n) is 6.32. The molecule has 0 fully saturated rings. The molecule has 0 unspecified atom stereocenters. The van der Waals surface area contributed by atoms with Gasteiger partial charge in [0.25, 0.3) is 5.91 Å². The summed E-state index contributed by atoms with van der Waals surface area (Å²) < 4.78 is 15.3. The van der Waals surface area contributed by atoms with E-state index >= 15 is 4.39 Å². The highest BCUT2D eigenvalue weighted by atomic mass is 19.1. The third-order valence-corrected chi connectivity index (χ3v) is 6.32. The first-order chi connectivity index (χ1) is 17.7. The average molecular weight is 497 g/mol. The summed E-state index contributed by atoms with van der Waals surface area (Å²) >= 11 is 0. The Morgan fingerprint density at radius 3 is 2.54 bits per heavy atom. The average Bonchev–Trinajstić information content (AvgIpc) is 3.25. The van der Waals surface area contributed by atoms with Gasteiger partial charge in [0, 0.05) is 52.9 Å². The van der Waals surface area contributed by atoms with Gasteiger partial charge in [0.15, 0.2) is 0 Å². The quantitative estimate of drug-likeness (QED) is 0.319. The summed E-state index contributed by atoms with van der Waals surface area (Å²) in [6.07, 6.45) is 6.40. The smallest absolute Gasteiger partial charge is 0.251 e. The Morgan fingerprint density at radius 2 is 1.84 bits per heavy atom. The number of halogens is 1.